The van der Waals surface area contributed by atoms with E-state index in [4.69, 9.17) is 21.1 Å². The first-order valence-electron chi connectivity index (χ1n) is 9.08. The number of carbonyl (C=O) groups is 1. The number of halogens is 1. The van der Waals surface area contributed by atoms with E-state index in [1.807, 2.05) is 19.1 Å². The lowest BCUT2D eigenvalue weighted by Gasteiger charge is -2.13. The molecule has 0 aliphatic carbocycles. The molecule has 154 valence electrons. The van der Waals surface area contributed by atoms with Gasteiger partial charge >= 0.3 is 0 Å². The number of benzene rings is 2. The summed E-state index contributed by atoms with van der Waals surface area (Å²) in [6.07, 6.45) is 0.732. The van der Waals surface area contributed by atoms with E-state index in [2.05, 4.69) is 20.6 Å². The van der Waals surface area contributed by atoms with E-state index in [0.29, 0.717) is 32.7 Å². The van der Waals surface area contributed by atoms with Crippen LogP contribution in [0.3, 0.4) is 0 Å². The van der Waals surface area contributed by atoms with Crippen molar-refractivity contribution in [3.8, 4) is 22.1 Å². The third-order valence-electron chi connectivity index (χ3n) is 4.47. The van der Waals surface area contributed by atoms with E-state index in [0.717, 1.165) is 22.8 Å². The number of carbonyl (C=O) groups excluding carboxylic acids is 1. The molecular formula is C20H18ClN5O3S. The van der Waals surface area contributed by atoms with E-state index < -0.39 is 0 Å². The van der Waals surface area contributed by atoms with Gasteiger partial charge in [-0.15, -0.1) is 10.2 Å². The number of nitrogens with one attached hydrogen (secondary N) is 1. The molecule has 4 rings (SSSR count). The number of amides is 1. The normalized spacial score (nSPS) is 10.9. The standard InChI is InChI=1S/C20H18ClN5O3S/c1-4-17-23-24-20-26(17)25-19(30-20)11-5-7-16(29-3)14(9-11)22-18(27)13-10-12(21)6-8-15(13)28-2/h5-10H,4H2,1-3H3,(H,22,27). The van der Waals surface area contributed by atoms with E-state index in [1.54, 1.807) is 35.9 Å². The number of hydrogen-bond acceptors (Lipinski definition) is 7. The number of aromatic nitrogens is 4. The summed E-state index contributed by atoms with van der Waals surface area (Å²) in [7, 11) is 3.04. The second kappa shape index (κ2) is 8.29. The highest BCUT2D eigenvalue weighted by Gasteiger charge is 2.18. The topological polar surface area (TPSA) is 90.6 Å². The van der Waals surface area contributed by atoms with Gasteiger partial charge in [-0.05, 0) is 36.4 Å². The summed E-state index contributed by atoms with van der Waals surface area (Å²) >= 11 is 7.48. The minimum atomic E-state index is -0.365. The fraction of sp³-hybridized carbons (Fsp3) is 0.200. The smallest absolute Gasteiger partial charge is 0.259 e. The minimum absolute atomic E-state index is 0.323. The van der Waals surface area contributed by atoms with Crippen molar-refractivity contribution in [2.24, 2.45) is 0 Å². The van der Waals surface area contributed by atoms with Crippen LogP contribution >= 0.6 is 22.9 Å². The Morgan fingerprint density at radius 3 is 2.63 bits per heavy atom. The maximum atomic E-state index is 12.9. The fourth-order valence-electron chi connectivity index (χ4n) is 2.98. The second-order valence-electron chi connectivity index (χ2n) is 6.29. The zero-order chi connectivity index (χ0) is 21.3. The maximum absolute atomic E-state index is 12.9. The van der Waals surface area contributed by atoms with Crippen LogP contribution in [0.25, 0.3) is 15.5 Å². The molecule has 1 N–H and O–H groups in total. The third kappa shape index (κ3) is 3.69. The Morgan fingerprint density at radius 2 is 1.90 bits per heavy atom. The number of fused-ring (bicyclic) bond motifs is 1. The van der Waals surface area contributed by atoms with Crippen molar-refractivity contribution >= 4 is 39.5 Å². The predicted octanol–water partition coefficient (Wildman–Crippen LogP) is 4.34. The lowest BCUT2D eigenvalue weighted by atomic mass is 10.1. The first-order chi connectivity index (χ1) is 14.5. The number of hydrogen-bond donors (Lipinski definition) is 1. The van der Waals surface area contributed by atoms with Crippen LogP contribution in [0, 0.1) is 0 Å². The Balaban J connectivity index is 1.70. The van der Waals surface area contributed by atoms with Gasteiger partial charge in [0.15, 0.2) is 5.82 Å². The van der Waals surface area contributed by atoms with Crippen LogP contribution < -0.4 is 14.8 Å². The van der Waals surface area contributed by atoms with Crippen LogP contribution in [0.1, 0.15) is 23.1 Å². The summed E-state index contributed by atoms with van der Waals surface area (Å²) < 4.78 is 12.4. The van der Waals surface area contributed by atoms with E-state index in [9.17, 15) is 4.79 Å². The molecule has 30 heavy (non-hydrogen) atoms. The van der Waals surface area contributed by atoms with Gasteiger partial charge in [0.2, 0.25) is 4.96 Å². The van der Waals surface area contributed by atoms with Gasteiger partial charge in [0.05, 0.1) is 25.5 Å². The summed E-state index contributed by atoms with van der Waals surface area (Å²) in [6, 6.07) is 10.3. The van der Waals surface area contributed by atoms with Crippen molar-refractivity contribution in [1.82, 2.24) is 19.8 Å². The number of methoxy groups -OCH3 is 2. The molecule has 10 heteroatoms. The molecule has 0 fully saturated rings. The van der Waals surface area contributed by atoms with E-state index in [-0.39, 0.29) is 5.91 Å². The molecule has 1 amide bonds. The molecule has 2 aromatic heterocycles. The van der Waals surface area contributed by atoms with Crippen molar-refractivity contribution in [3.05, 3.63) is 52.8 Å². The van der Waals surface area contributed by atoms with E-state index >= 15 is 0 Å². The Kier molecular flexibility index (Phi) is 5.56. The van der Waals surface area contributed by atoms with Crippen molar-refractivity contribution in [2.75, 3.05) is 19.5 Å². The number of nitrogens with zero attached hydrogens (tertiary/aromatic N) is 4. The van der Waals surface area contributed by atoms with Crippen LogP contribution in [0.2, 0.25) is 5.02 Å². The van der Waals surface area contributed by atoms with Crippen LogP contribution in [-0.2, 0) is 6.42 Å². The Bertz CT molecular complexity index is 1240. The molecule has 0 saturated heterocycles. The molecule has 8 nitrogen and oxygen atoms in total. The lowest BCUT2D eigenvalue weighted by molar-refractivity contribution is 0.102. The first-order valence-corrected chi connectivity index (χ1v) is 10.3. The van der Waals surface area contributed by atoms with Crippen molar-refractivity contribution in [2.45, 2.75) is 13.3 Å². The summed E-state index contributed by atoms with van der Waals surface area (Å²) in [4.78, 5) is 13.6. The highest BCUT2D eigenvalue weighted by Crippen LogP contribution is 2.34. The Hall–Kier alpha value is -3.17. The Labute approximate surface area is 181 Å². The van der Waals surface area contributed by atoms with Gasteiger partial charge in [-0.2, -0.15) is 9.61 Å². The average molecular weight is 444 g/mol. The van der Waals surface area contributed by atoms with Crippen molar-refractivity contribution in [1.29, 1.82) is 0 Å². The highest BCUT2D eigenvalue weighted by atomic mass is 35.5. The molecule has 0 bridgehead atoms. The molecular weight excluding hydrogens is 426 g/mol. The SMILES string of the molecule is CCc1nnc2sc(-c3ccc(OC)c(NC(=O)c4cc(Cl)ccc4OC)c3)nn12. The van der Waals surface area contributed by atoms with Gasteiger partial charge < -0.3 is 14.8 Å². The fourth-order valence-corrected chi connectivity index (χ4v) is 4.01. The van der Waals surface area contributed by atoms with Gasteiger partial charge in [-0.1, -0.05) is 29.9 Å². The maximum Gasteiger partial charge on any atom is 0.259 e. The first kappa shape index (κ1) is 20.1. The molecule has 4 aromatic rings. The molecule has 0 aliphatic heterocycles. The monoisotopic (exact) mass is 443 g/mol. The number of rotatable bonds is 6. The van der Waals surface area contributed by atoms with Crippen LogP contribution in [0.5, 0.6) is 11.5 Å². The number of ether oxygens (including phenoxy) is 2. The van der Waals surface area contributed by atoms with Crippen LogP contribution in [0.15, 0.2) is 36.4 Å². The molecule has 0 radical (unpaired) electrons. The number of aryl methyl sites for hydroxylation is 1. The summed E-state index contributed by atoms with van der Waals surface area (Å²) in [5.41, 5.74) is 1.65. The van der Waals surface area contributed by atoms with Gasteiger partial charge in [-0.3, -0.25) is 4.79 Å². The quantitative estimate of drug-likeness (QED) is 0.476. The molecule has 0 saturated carbocycles. The summed E-state index contributed by atoms with van der Waals surface area (Å²) in [6.45, 7) is 2.00. The van der Waals surface area contributed by atoms with Crippen molar-refractivity contribution in [3.63, 3.8) is 0 Å². The van der Waals surface area contributed by atoms with Crippen LogP contribution in [-0.4, -0.2) is 39.9 Å². The van der Waals surface area contributed by atoms with Crippen LogP contribution in [0.4, 0.5) is 5.69 Å². The molecule has 0 aliphatic rings. The summed E-state index contributed by atoms with van der Waals surface area (Å²) in [5, 5.41) is 16.9. The largest absolute Gasteiger partial charge is 0.496 e. The molecule has 2 heterocycles. The minimum Gasteiger partial charge on any atom is -0.496 e. The summed E-state index contributed by atoms with van der Waals surface area (Å²) in [5.74, 6) is 1.37. The van der Waals surface area contributed by atoms with E-state index in [1.165, 1.54) is 18.4 Å². The second-order valence-corrected chi connectivity index (χ2v) is 7.68. The molecule has 2 aromatic carbocycles. The third-order valence-corrected chi connectivity index (χ3v) is 5.66. The van der Waals surface area contributed by atoms with Crippen molar-refractivity contribution < 1.29 is 14.3 Å². The van der Waals surface area contributed by atoms with Gasteiger partial charge in [0.25, 0.3) is 5.91 Å². The average Bonchev–Trinajstić information content (AvgIpc) is 3.34. The zero-order valence-corrected chi connectivity index (χ0v) is 18.0. The molecule has 0 unspecified atom stereocenters. The lowest BCUT2D eigenvalue weighted by Crippen LogP contribution is -2.14. The highest BCUT2D eigenvalue weighted by molar-refractivity contribution is 7.19. The zero-order valence-electron chi connectivity index (χ0n) is 16.5. The number of anilines is 1. The predicted molar refractivity (Wildman–Crippen MR) is 116 cm³/mol. The van der Waals surface area contributed by atoms with Gasteiger partial charge in [0, 0.05) is 17.0 Å². The molecule has 0 atom stereocenters. The Morgan fingerprint density at radius 1 is 1.13 bits per heavy atom. The van der Waals surface area contributed by atoms with Gasteiger partial charge in [-0.25, -0.2) is 0 Å². The van der Waals surface area contributed by atoms with Gasteiger partial charge in [0.1, 0.15) is 16.5 Å². The molecule has 0 spiro atoms.